The van der Waals surface area contributed by atoms with Gasteiger partial charge in [-0.2, -0.15) is 0 Å². The lowest BCUT2D eigenvalue weighted by molar-refractivity contribution is -0.131. The van der Waals surface area contributed by atoms with Gasteiger partial charge in [0.1, 0.15) is 6.61 Å². The summed E-state index contributed by atoms with van der Waals surface area (Å²) in [6.45, 7) is 2.30. The van der Waals surface area contributed by atoms with E-state index in [9.17, 15) is 4.79 Å². The summed E-state index contributed by atoms with van der Waals surface area (Å²) in [5.41, 5.74) is 0.652. The first-order chi connectivity index (χ1) is 9.62. The Morgan fingerprint density at radius 1 is 1.25 bits per heavy atom. The highest BCUT2D eigenvalue weighted by molar-refractivity contribution is 5.85. The number of rotatable bonds is 7. The molecule has 0 saturated heterocycles. The van der Waals surface area contributed by atoms with Gasteiger partial charge in [-0.25, -0.2) is 4.79 Å². The second-order valence-corrected chi connectivity index (χ2v) is 3.81. The number of ether oxygens (including phenoxy) is 3. The molecule has 0 aliphatic rings. The summed E-state index contributed by atoms with van der Waals surface area (Å²) in [5.74, 6) is 0.440. The van der Waals surface area contributed by atoms with Crippen molar-refractivity contribution in [2.75, 3.05) is 20.8 Å². The summed E-state index contributed by atoms with van der Waals surface area (Å²) in [7, 11) is 3.03. The topological polar surface area (TPSA) is 65.0 Å². The van der Waals surface area contributed by atoms with E-state index in [0.717, 1.165) is 6.08 Å². The third-order valence-corrected chi connectivity index (χ3v) is 2.46. The monoisotopic (exact) mass is 278 g/mol. The molecule has 0 aromatic heterocycles. The Balaban J connectivity index is 3.13. The predicted molar refractivity (Wildman–Crippen MR) is 76.5 cm³/mol. The molecule has 1 aromatic rings. The van der Waals surface area contributed by atoms with Crippen molar-refractivity contribution < 1.29 is 24.1 Å². The molecule has 5 nitrogen and oxygen atoms in total. The van der Waals surface area contributed by atoms with E-state index in [2.05, 4.69) is 0 Å². The summed E-state index contributed by atoms with van der Waals surface area (Å²) in [6, 6.07) is 3.37. The first kappa shape index (κ1) is 15.6. The van der Waals surface area contributed by atoms with Crippen LogP contribution >= 0.6 is 0 Å². The maximum atomic E-state index is 10.5. The van der Waals surface area contributed by atoms with E-state index >= 15 is 0 Å². The van der Waals surface area contributed by atoms with Crippen LogP contribution in [0, 0.1) is 0 Å². The van der Waals surface area contributed by atoms with Crippen molar-refractivity contribution in [1.82, 2.24) is 0 Å². The van der Waals surface area contributed by atoms with Crippen LogP contribution in [0.4, 0.5) is 0 Å². The number of aliphatic carboxylic acids is 1. The van der Waals surface area contributed by atoms with E-state index in [0.29, 0.717) is 29.4 Å². The highest BCUT2D eigenvalue weighted by Gasteiger charge is 2.13. The van der Waals surface area contributed by atoms with E-state index in [-0.39, 0.29) is 0 Å². The SMILES string of the molecule is C/C=C/COc1c(OC)cc(/C=C/C(=O)O)cc1OC. The van der Waals surface area contributed by atoms with Crippen LogP contribution in [-0.4, -0.2) is 31.9 Å². The molecule has 0 heterocycles. The molecule has 1 N–H and O–H groups in total. The second kappa shape index (κ2) is 7.89. The molecule has 0 saturated carbocycles. The van der Waals surface area contributed by atoms with Crippen molar-refractivity contribution in [2.45, 2.75) is 6.92 Å². The lowest BCUT2D eigenvalue weighted by Gasteiger charge is -2.14. The molecule has 0 radical (unpaired) electrons. The van der Waals surface area contributed by atoms with Gasteiger partial charge in [0.2, 0.25) is 5.75 Å². The van der Waals surface area contributed by atoms with Gasteiger partial charge in [-0.05, 0) is 30.7 Å². The molecule has 0 atom stereocenters. The molecule has 5 heteroatoms. The van der Waals surface area contributed by atoms with Crippen LogP contribution in [0.2, 0.25) is 0 Å². The molecule has 1 aromatic carbocycles. The quantitative estimate of drug-likeness (QED) is 0.613. The van der Waals surface area contributed by atoms with Gasteiger partial charge in [0, 0.05) is 6.08 Å². The molecule has 1 rings (SSSR count). The average molecular weight is 278 g/mol. The van der Waals surface area contributed by atoms with Crippen LogP contribution in [0.25, 0.3) is 6.08 Å². The molecular formula is C15H18O5. The lowest BCUT2D eigenvalue weighted by Crippen LogP contribution is -2.00. The Labute approximate surface area is 118 Å². The number of allylic oxidation sites excluding steroid dienone is 1. The van der Waals surface area contributed by atoms with E-state index in [1.807, 2.05) is 19.1 Å². The number of carboxylic acid groups (broad SMARTS) is 1. The summed E-state index contributed by atoms with van der Waals surface area (Å²) in [6.07, 6.45) is 6.25. The van der Waals surface area contributed by atoms with E-state index in [1.54, 1.807) is 12.1 Å². The first-order valence-corrected chi connectivity index (χ1v) is 6.03. The van der Waals surface area contributed by atoms with E-state index < -0.39 is 5.97 Å². The zero-order valence-electron chi connectivity index (χ0n) is 11.8. The van der Waals surface area contributed by atoms with Crippen LogP contribution in [0.1, 0.15) is 12.5 Å². The minimum Gasteiger partial charge on any atom is -0.493 e. The van der Waals surface area contributed by atoms with Gasteiger partial charge in [-0.3, -0.25) is 0 Å². The number of carbonyl (C=O) groups is 1. The lowest BCUT2D eigenvalue weighted by atomic mass is 10.1. The fraction of sp³-hybridized carbons (Fsp3) is 0.267. The summed E-state index contributed by atoms with van der Waals surface area (Å²) < 4.78 is 16.1. The summed E-state index contributed by atoms with van der Waals surface area (Å²) >= 11 is 0. The number of methoxy groups -OCH3 is 2. The Morgan fingerprint density at radius 2 is 1.85 bits per heavy atom. The van der Waals surface area contributed by atoms with Crippen LogP contribution < -0.4 is 14.2 Å². The zero-order valence-corrected chi connectivity index (χ0v) is 11.8. The third-order valence-electron chi connectivity index (χ3n) is 2.46. The van der Waals surface area contributed by atoms with Gasteiger partial charge in [-0.1, -0.05) is 12.2 Å². The number of carboxylic acids is 1. The fourth-order valence-electron chi connectivity index (χ4n) is 1.53. The Morgan fingerprint density at radius 3 is 2.30 bits per heavy atom. The molecule has 0 amide bonds. The summed E-state index contributed by atoms with van der Waals surface area (Å²) in [4.78, 5) is 10.5. The number of hydrogen-bond acceptors (Lipinski definition) is 4. The smallest absolute Gasteiger partial charge is 0.328 e. The molecule has 0 aliphatic carbocycles. The first-order valence-electron chi connectivity index (χ1n) is 6.03. The van der Waals surface area contributed by atoms with Crippen LogP contribution in [-0.2, 0) is 4.79 Å². The van der Waals surface area contributed by atoms with Gasteiger partial charge < -0.3 is 19.3 Å². The van der Waals surface area contributed by atoms with E-state index in [4.69, 9.17) is 19.3 Å². The van der Waals surface area contributed by atoms with Crippen molar-refractivity contribution in [3.63, 3.8) is 0 Å². The van der Waals surface area contributed by atoms with Crippen LogP contribution in [0.3, 0.4) is 0 Å². The second-order valence-electron chi connectivity index (χ2n) is 3.81. The summed E-state index contributed by atoms with van der Waals surface area (Å²) in [5, 5.41) is 8.64. The van der Waals surface area contributed by atoms with E-state index in [1.165, 1.54) is 20.3 Å². The van der Waals surface area contributed by atoms with Gasteiger partial charge in [0.15, 0.2) is 11.5 Å². The zero-order chi connectivity index (χ0) is 15.0. The highest BCUT2D eigenvalue weighted by Crippen LogP contribution is 2.38. The Hall–Kier alpha value is -2.43. The van der Waals surface area contributed by atoms with Crippen molar-refractivity contribution in [1.29, 1.82) is 0 Å². The van der Waals surface area contributed by atoms with Crippen molar-refractivity contribution in [3.05, 3.63) is 35.9 Å². The van der Waals surface area contributed by atoms with Crippen molar-refractivity contribution in [3.8, 4) is 17.2 Å². The van der Waals surface area contributed by atoms with Crippen LogP contribution in [0.15, 0.2) is 30.4 Å². The van der Waals surface area contributed by atoms with Gasteiger partial charge in [0.25, 0.3) is 0 Å². The van der Waals surface area contributed by atoms with Gasteiger partial charge in [0.05, 0.1) is 14.2 Å². The van der Waals surface area contributed by atoms with Crippen molar-refractivity contribution in [2.24, 2.45) is 0 Å². The maximum absolute atomic E-state index is 10.5. The molecule has 0 fully saturated rings. The fourth-order valence-corrected chi connectivity index (χ4v) is 1.53. The maximum Gasteiger partial charge on any atom is 0.328 e. The van der Waals surface area contributed by atoms with Gasteiger partial charge >= 0.3 is 5.97 Å². The molecular weight excluding hydrogens is 260 g/mol. The molecule has 0 unspecified atom stereocenters. The number of benzene rings is 1. The Bertz CT molecular complexity index is 492. The van der Waals surface area contributed by atoms with Crippen molar-refractivity contribution >= 4 is 12.0 Å². The molecule has 0 spiro atoms. The third kappa shape index (κ3) is 4.35. The highest BCUT2D eigenvalue weighted by atomic mass is 16.5. The molecule has 108 valence electrons. The van der Waals surface area contributed by atoms with Crippen LogP contribution in [0.5, 0.6) is 17.2 Å². The standard InChI is InChI=1S/C15H18O5/c1-4-5-8-20-15-12(18-2)9-11(6-7-14(16)17)10-13(15)19-3/h4-7,9-10H,8H2,1-3H3,(H,16,17)/b5-4+,7-6+. The molecule has 0 aliphatic heterocycles. The minimum absolute atomic E-state index is 0.396. The average Bonchev–Trinajstić information content (AvgIpc) is 2.45. The normalized spacial score (nSPS) is 10.9. The molecule has 0 bridgehead atoms. The van der Waals surface area contributed by atoms with Gasteiger partial charge in [-0.15, -0.1) is 0 Å². The largest absolute Gasteiger partial charge is 0.493 e. The predicted octanol–water partition coefficient (Wildman–Crippen LogP) is 2.76. The minimum atomic E-state index is -1.02. The Kier molecular flexibility index (Phi) is 6.16. The number of hydrogen-bond donors (Lipinski definition) is 1. The molecule has 20 heavy (non-hydrogen) atoms.